The predicted octanol–water partition coefficient (Wildman–Crippen LogP) is 2.10. The molecular weight excluding hydrogens is 610 g/mol. The van der Waals surface area contributed by atoms with Gasteiger partial charge in [-0.25, -0.2) is 0 Å². The Hall–Kier alpha value is -2.39. The third-order valence-electron chi connectivity index (χ3n) is 9.31. The van der Waals surface area contributed by atoms with Crippen LogP contribution in [0.5, 0.6) is 0 Å². The molecule has 0 radical (unpaired) electrons. The van der Waals surface area contributed by atoms with E-state index in [1.165, 1.54) is 6.08 Å². The lowest BCUT2D eigenvalue weighted by Crippen LogP contribution is -2.63. The van der Waals surface area contributed by atoms with Gasteiger partial charge in [0.15, 0.2) is 12.1 Å². The molecule has 2 rings (SSSR count). The van der Waals surface area contributed by atoms with Crippen LogP contribution in [0.2, 0.25) is 0 Å². The number of rotatable bonds is 11. The van der Waals surface area contributed by atoms with E-state index in [1.54, 1.807) is 45.0 Å². The standard InChI is InChI=1S/C33H57N5O9/c1-8-27-24(18-39)15-19(2)9-10-25(40)20(3)16-23(11-12-35-13-14-36-37-34)32(21(4)26(41)17-28(42)46-27)47-33-31(44)29(38(6)7)30(43)22(5)45-33/h9-10,15,20-24,26-27,29-33,35,39,41,43-44H,8,11-14,16-18H2,1-7H3/b10-9+,19-15+/t20-,21+,22-,23+,24-,26-,27-,29?,30-,31?,32-,33+/m1/s1. The quantitative estimate of drug-likeness (QED) is 0.0709. The van der Waals surface area contributed by atoms with E-state index in [4.69, 9.17) is 19.7 Å². The summed E-state index contributed by atoms with van der Waals surface area (Å²) in [6.07, 6.45) is -0.838. The topological polar surface area (TPSA) is 207 Å². The minimum absolute atomic E-state index is 0.115. The van der Waals surface area contributed by atoms with E-state index in [-0.39, 0.29) is 31.3 Å². The molecule has 12 atom stereocenters. The minimum atomic E-state index is -1.24. The Bertz CT molecular complexity index is 1100. The molecule has 0 spiro atoms. The fraction of sp³-hybridized carbons (Fsp3) is 0.818. The Labute approximate surface area is 278 Å². The number of carbonyl (C=O) groups excluding carboxylic acids is 2. The first-order chi connectivity index (χ1) is 22.2. The van der Waals surface area contributed by atoms with Crippen LogP contribution < -0.4 is 5.32 Å². The lowest BCUT2D eigenvalue weighted by atomic mass is 9.79. The summed E-state index contributed by atoms with van der Waals surface area (Å²) in [7, 11) is 3.48. The molecule has 0 saturated carbocycles. The Morgan fingerprint density at radius 1 is 1.13 bits per heavy atom. The maximum absolute atomic E-state index is 13.4. The molecule has 0 bridgehead atoms. The van der Waals surface area contributed by atoms with Gasteiger partial charge in [0.2, 0.25) is 0 Å². The summed E-state index contributed by atoms with van der Waals surface area (Å²) in [5.41, 5.74) is 9.33. The number of hydrogen-bond acceptors (Lipinski definition) is 12. The third kappa shape index (κ3) is 12.2. The van der Waals surface area contributed by atoms with Gasteiger partial charge in [-0.05, 0) is 71.3 Å². The molecule has 268 valence electrons. The van der Waals surface area contributed by atoms with Crippen LogP contribution in [0.1, 0.15) is 60.3 Å². The molecule has 0 amide bonds. The molecule has 5 N–H and O–H groups in total. The van der Waals surface area contributed by atoms with Crippen LogP contribution in [0.3, 0.4) is 0 Å². The molecule has 47 heavy (non-hydrogen) atoms. The van der Waals surface area contributed by atoms with Crippen molar-refractivity contribution in [2.24, 2.45) is 28.8 Å². The maximum Gasteiger partial charge on any atom is 0.308 e. The van der Waals surface area contributed by atoms with E-state index >= 15 is 0 Å². The van der Waals surface area contributed by atoms with Crippen molar-refractivity contribution in [3.8, 4) is 0 Å². The largest absolute Gasteiger partial charge is 0.462 e. The zero-order valence-electron chi connectivity index (χ0n) is 28.9. The summed E-state index contributed by atoms with van der Waals surface area (Å²) in [6.45, 7) is 9.81. The molecular formula is C33H57N5O9. The van der Waals surface area contributed by atoms with Crippen LogP contribution in [-0.4, -0.2) is 126 Å². The zero-order valence-corrected chi connectivity index (χ0v) is 28.9. The van der Waals surface area contributed by atoms with Gasteiger partial charge in [0.05, 0.1) is 43.5 Å². The van der Waals surface area contributed by atoms with E-state index in [9.17, 15) is 30.0 Å². The van der Waals surface area contributed by atoms with Gasteiger partial charge in [-0.1, -0.05) is 43.6 Å². The number of likely N-dealkylation sites (N-methyl/N-ethyl adjacent to an activating group) is 1. The molecule has 2 aliphatic rings. The third-order valence-corrected chi connectivity index (χ3v) is 9.31. The van der Waals surface area contributed by atoms with Crippen molar-refractivity contribution in [1.82, 2.24) is 10.2 Å². The lowest BCUT2D eigenvalue weighted by Gasteiger charge is -2.46. The second-order valence-electron chi connectivity index (χ2n) is 13.2. The maximum atomic E-state index is 13.4. The molecule has 2 heterocycles. The van der Waals surface area contributed by atoms with Gasteiger partial charge < -0.3 is 44.9 Å². The number of nitrogens with one attached hydrogen (secondary N) is 1. The zero-order chi connectivity index (χ0) is 35.3. The van der Waals surface area contributed by atoms with Crippen LogP contribution >= 0.6 is 0 Å². The lowest BCUT2D eigenvalue weighted by molar-refractivity contribution is -0.304. The summed E-state index contributed by atoms with van der Waals surface area (Å²) in [5.74, 6) is -2.74. The van der Waals surface area contributed by atoms with Crippen LogP contribution in [0.4, 0.5) is 0 Å². The molecule has 14 heteroatoms. The first-order valence-corrected chi connectivity index (χ1v) is 16.7. The highest BCUT2D eigenvalue weighted by Crippen LogP contribution is 2.34. The van der Waals surface area contributed by atoms with Crippen LogP contribution in [0.15, 0.2) is 28.9 Å². The second kappa shape index (κ2) is 20.2. The fourth-order valence-corrected chi connectivity index (χ4v) is 6.44. The predicted molar refractivity (Wildman–Crippen MR) is 176 cm³/mol. The van der Waals surface area contributed by atoms with E-state index < -0.39 is 72.7 Å². The number of ketones is 1. The minimum Gasteiger partial charge on any atom is -0.462 e. The summed E-state index contributed by atoms with van der Waals surface area (Å²) in [4.78, 5) is 31.0. The number of esters is 1. The number of azide groups is 1. The monoisotopic (exact) mass is 667 g/mol. The van der Waals surface area contributed by atoms with E-state index in [2.05, 4.69) is 15.3 Å². The highest BCUT2D eigenvalue weighted by Gasteiger charge is 2.47. The van der Waals surface area contributed by atoms with Gasteiger partial charge in [-0.3, -0.25) is 9.59 Å². The van der Waals surface area contributed by atoms with Gasteiger partial charge >= 0.3 is 5.97 Å². The van der Waals surface area contributed by atoms with Crippen LogP contribution in [-0.2, 0) is 23.8 Å². The number of allylic oxidation sites excluding steroid dienone is 3. The van der Waals surface area contributed by atoms with E-state index in [0.717, 1.165) is 5.57 Å². The van der Waals surface area contributed by atoms with Gasteiger partial charge in [0.25, 0.3) is 0 Å². The number of carbonyl (C=O) groups is 2. The van der Waals surface area contributed by atoms with Crippen LogP contribution in [0.25, 0.3) is 10.4 Å². The molecule has 14 nitrogen and oxygen atoms in total. The summed E-state index contributed by atoms with van der Waals surface area (Å²) >= 11 is 0. The van der Waals surface area contributed by atoms with Gasteiger partial charge in [0.1, 0.15) is 12.2 Å². The molecule has 0 aromatic heterocycles. The van der Waals surface area contributed by atoms with Gasteiger partial charge in [-0.2, -0.15) is 0 Å². The molecule has 0 aromatic carbocycles. The Morgan fingerprint density at radius 2 is 1.83 bits per heavy atom. The van der Waals surface area contributed by atoms with E-state index in [0.29, 0.717) is 32.4 Å². The van der Waals surface area contributed by atoms with Gasteiger partial charge in [-0.15, -0.1) is 0 Å². The van der Waals surface area contributed by atoms with E-state index in [1.807, 2.05) is 20.8 Å². The fourth-order valence-electron chi connectivity index (χ4n) is 6.44. The Morgan fingerprint density at radius 3 is 2.45 bits per heavy atom. The molecule has 1 fully saturated rings. The average Bonchev–Trinajstić information content (AvgIpc) is 3.02. The van der Waals surface area contributed by atoms with Crippen molar-refractivity contribution in [3.63, 3.8) is 0 Å². The smallest absolute Gasteiger partial charge is 0.308 e. The average molecular weight is 668 g/mol. The molecule has 1 saturated heterocycles. The summed E-state index contributed by atoms with van der Waals surface area (Å²) < 4.78 is 18.3. The van der Waals surface area contributed by atoms with Crippen molar-refractivity contribution in [2.75, 3.05) is 40.3 Å². The number of ether oxygens (including phenoxy) is 3. The van der Waals surface area contributed by atoms with Crippen molar-refractivity contribution in [2.45, 2.75) is 109 Å². The second-order valence-corrected chi connectivity index (χ2v) is 13.2. The SMILES string of the molecule is CC[C@H]1OC(=O)C[C@@H](O)[C@H](C)[C@@H](O[C@@H]2O[C@H](C)[C@@H](O)C(N(C)C)C2O)[C@@H](CCNCCN=[N+]=[N-])C[C@@H](C)C(=O)/C=C/C(C)=C/[C@@H]1CO. The number of hydrogen-bond donors (Lipinski definition) is 5. The summed E-state index contributed by atoms with van der Waals surface area (Å²) in [5, 5.41) is 50.4. The first-order valence-electron chi connectivity index (χ1n) is 16.7. The number of aliphatic hydroxyl groups is 4. The number of aliphatic hydroxyl groups excluding tert-OH is 4. The number of nitrogens with zero attached hydrogens (tertiary/aromatic N) is 4. The van der Waals surface area contributed by atoms with Crippen molar-refractivity contribution >= 4 is 11.8 Å². The van der Waals surface area contributed by atoms with Crippen molar-refractivity contribution in [1.29, 1.82) is 0 Å². The summed E-state index contributed by atoms with van der Waals surface area (Å²) in [6, 6.07) is -0.696. The molecule has 0 aromatic rings. The Kier molecular flexibility index (Phi) is 17.5. The normalized spacial score (nSPS) is 38.3. The number of cyclic esters (lactones) is 1. The van der Waals surface area contributed by atoms with Crippen molar-refractivity contribution < 1.29 is 44.2 Å². The molecule has 0 aliphatic carbocycles. The van der Waals surface area contributed by atoms with Gasteiger partial charge in [0, 0.05) is 35.8 Å². The molecule has 2 aliphatic heterocycles. The molecule has 2 unspecified atom stereocenters. The van der Waals surface area contributed by atoms with Crippen LogP contribution in [0, 0.1) is 23.7 Å². The highest BCUT2D eigenvalue weighted by molar-refractivity contribution is 5.91. The first kappa shape index (κ1) is 40.8. The Balaban J connectivity index is 2.55. The highest BCUT2D eigenvalue weighted by atomic mass is 16.7. The van der Waals surface area contributed by atoms with Crippen molar-refractivity contribution in [3.05, 3.63) is 34.2 Å².